The number of hydrogen-bond donors (Lipinski definition) is 0. The highest BCUT2D eigenvalue weighted by molar-refractivity contribution is 7.99. The molecule has 2 heterocycles. The zero-order valence-electron chi connectivity index (χ0n) is 18.6. The van der Waals surface area contributed by atoms with Gasteiger partial charge in [-0.25, -0.2) is 4.39 Å². The van der Waals surface area contributed by atoms with Crippen molar-refractivity contribution in [2.45, 2.75) is 51.4 Å². The molecule has 0 N–H and O–H groups in total. The Balaban J connectivity index is 1.87. The van der Waals surface area contributed by atoms with E-state index in [1.165, 1.54) is 44.8 Å². The van der Waals surface area contributed by atoms with Crippen molar-refractivity contribution in [3.05, 3.63) is 48.0 Å². The van der Waals surface area contributed by atoms with Gasteiger partial charge in [-0.1, -0.05) is 6.07 Å². The molecule has 0 unspecified atom stereocenters. The summed E-state index contributed by atoms with van der Waals surface area (Å²) in [4.78, 5) is 39.2. The van der Waals surface area contributed by atoms with E-state index in [0.717, 1.165) is 5.56 Å². The van der Waals surface area contributed by atoms with Crippen molar-refractivity contribution < 1.29 is 37.7 Å². The van der Waals surface area contributed by atoms with Crippen LogP contribution in [0.1, 0.15) is 26.3 Å². The van der Waals surface area contributed by atoms with Crippen molar-refractivity contribution in [2.75, 3.05) is 5.75 Å². The summed E-state index contributed by atoms with van der Waals surface area (Å²) in [6, 6.07) is 6.45. The van der Waals surface area contributed by atoms with Crippen LogP contribution in [0.25, 0.3) is 11.1 Å². The number of aromatic nitrogens is 1. The number of benzene rings is 1. The summed E-state index contributed by atoms with van der Waals surface area (Å²) < 4.78 is 35.8. The summed E-state index contributed by atoms with van der Waals surface area (Å²) >= 11 is 1.25. The second-order valence-corrected chi connectivity index (χ2v) is 8.62. The maximum absolute atomic E-state index is 13.6. The van der Waals surface area contributed by atoms with Gasteiger partial charge in [0.05, 0.1) is 6.20 Å². The van der Waals surface area contributed by atoms with Gasteiger partial charge in [0.15, 0.2) is 23.7 Å². The molecule has 0 spiro atoms. The van der Waals surface area contributed by atoms with E-state index in [1.54, 1.807) is 31.3 Å². The molecule has 0 radical (unpaired) electrons. The van der Waals surface area contributed by atoms with Gasteiger partial charge >= 0.3 is 17.9 Å². The molecule has 1 aliphatic heterocycles. The number of carbonyl (C=O) groups is 3. The summed E-state index contributed by atoms with van der Waals surface area (Å²) in [5.41, 5.74) is 1.19. The number of halogens is 1. The third kappa shape index (κ3) is 6.44. The first-order valence-corrected chi connectivity index (χ1v) is 11.2. The molecule has 3 rings (SSSR count). The van der Waals surface area contributed by atoms with Gasteiger partial charge in [0.1, 0.15) is 11.6 Å². The van der Waals surface area contributed by atoms with Gasteiger partial charge in [0, 0.05) is 38.3 Å². The predicted molar refractivity (Wildman–Crippen MR) is 118 cm³/mol. The van der Waals surface area contributed by atoms with Crippen molar-refractivity contribution in [3.63, 3.8) is 0 Å². The van der Waals surface area contributed by atoms with E-state index in [1.807, 2.05) is 0 Å². The number of ether oxygens (including phenoxy) is 4. The van der Waals surface area contributed by atoms with E-state index >= 15 is 0 Å². The second-order valence-electron chi connectivity index (χ2n) is 7.49. The van der Waals surface area contributed by atoms with Crippen molar-refractivity contribution in [3.8, 4) is 16.9 Å². The minimum atomic E-state index is -1.04. The van der Waals surface area contributed by atoms with Crippen LogP contribution in [0.4, 0.5) is 4.39 Å². The van der Waals surface area contributed by atoms with Gasteiger partial charge < -0.3 is 18.9 Å². The molecule has 0 aliphatic carbocycles. The Morgan fingerprint density at radius 1 is 0.939 bits per heavy atom. The third-order valence-electron chi connectivity index (χ3n) is 4.76. The molecule has 0 bridgehead atoms. The summed E-state index contributed by atoms with van der Waals surface area (Å²) in [7, 11) is 0. The summed E-state index contributed by atoms with van der Waals surface area (Å²) in [5, 5.41) is 0. The molecule has 1 saturated heterocycles. The highest BCUT2D eigenvalue weighted by Gasteiger charge is 2.47. The standard InChI is InChI=1S/C23H24FNO7S/c1-12-7-16(5-6-19(12)24)17-8-18(10-25-9-17)32-23-22(31-15(4)28)21(30-14(3)27)20(11-33-23)29-13(2)26/h5-10,20-23H,11H2,1-4H3/t20-,21+,22-,23-/m1/s1. The fraction of sp³-hybridized carbons (Fsp3) is 0.391. The van der Waals surface area contributed by atoms with E-state index in [4.69, 9.17) is 18.9 Å². The molecular weight excluding hydrogens is 453 g/mol. The second kappa shape index (κ2) is 10.7. The number of aryl methyl sites for hydroxylation is 1. The lowest BCUT2D eigenvalue weighted by Gasteiger charge is -2.39. The SMILES string of the molecule is CC(=O)O[C@@H]1[C@@H](OC(C)=O)[C@H](OC(C)=O)CS[C@H]1Oc1cncc(-c2ccc(F)c(C)c2)c1. The number of pyridine rings is 1. The fourth-order valence-electron chi connectivity index (χ4n) is 3.41. The molecule has 10 heteroatoms. The molecule has 1 aromatic carbocycles. The number of thioether (sulfide) groups is 1. The van der Waals surface area contributed by atoms with Crippen LogP contribution in [0, 0.1) is 12.7 Å². The molecule has 33 heavy (non-hydrogen) atoms. The molecule has 1 aromatic heterocycles. The first kappa shape index (κ1) is 24.5. The lowest BCUT2D eigenvalue weighted by Crippen LogP contribution is -2.55. The Morgan fingerprint density at radius 3 is 2.24 bits per heavy atom. The molecular formula is C23H24FNO7S. The molecule has 2 aromatic rings. The molecule has 1 aliphatic rings. The number of rotatable bonds is 6. The van der Waals surface area contributed by atoms with Crippen molar-refractivity contribution >= 4 is 29.7 Å². The van der Waals surface area contributed by atoms with E-state index in [2.05, 4.69) is 4.98 Å². The average Bonchev–Trinajstić information content (AvgIpc) is 2.73. The smallest absolute Gasteiger partial charge is 0.303 e. The third-order valence-corrected chi connectivity index (χ3v) is 5.98. The predicted octanol–water partition coefficient (Wildman–Crippen LogP) is 3.44. The van der Waals surface area contributed by atoms with Gasteiger partial charge in [0.25, 0.3) is 0 Å². The number of carbonyl (C=O) groups excluding carboxylic acids is 3. The summed E-state index contributed by atoms with van der Waals surface area (Å²) in [6.07, 6.45) is 0.218. The van der Waals surface area contributed by atoms with E-state index < -0.39 is 41.7 Å². The van der Waals surface area contributed by atoms with Gasteiger partial charge in [-0.2, -0.15) is 0 Å². The zero-order valence-corrected chi connectivity index (χ0v) is 19.4. The Labute approximate surface area is 194 Å². The van der Waals surface area contributed by atoms with Crippen LogP contribution < -0.4 is 4.74 Å². The molecule has 176 valence electrons. The van der Waals surface area contributed by atoms with Crippen LogP contribution in [0.2, 0.25) is 0 Å². The largest absolute Gasteiger partial charge is 0.474 e. The van der Waals surface area contributed by atoms with Gasteiger partial charge in [-0.3, -0.25) is 19.4 Å². The van der Waals surface area contributed by atoms with Crippen molar-refractivity contribution in [1.82, 2.24) is 4.98 Å². The highest BCUT2D eigenvalue weighted by Crippen LogP contribution is 2.35. The summed E-state index contributed by atoms with van der Waals surface area (Å²) in [5.74, 6) is -1.45. The number of nitrogens with zero attached hydrogens (tertiary/aromatic N) is 1. The van der Waals surface area contributed by atoms with Crippen LogP contribution in [-0.4, -0.2) is 52.4 Å². The normalized spacial score (nSPS) is 22.2. The Bertz CT molecular complexity index is 1050. The quantitative estimate of drug-likeness (QED) is 0.457. The lowest BCUT2D eigenvalue weighted by molar-refractivity contribution is -0.186. The maximum atomic E-state index is 13.6. The lowest BCUT2D eigenvalue weighted by atomic mass is 10.0. The van der Waals surface area contributed by atoms with Crippen LogP contribution in [-0.2, 0) is 28.6 Å². The van der Waals surface area contributed by atoms with Crippen LogP contribution in [0.3, 0.4) is 0 Å². The molecule has 8 nitrogen and oxygen atoms in total. The highest BCUT2D eigenvalue weighted by atomic mass is 32.2. The van der Waals surface area contributed by atoms with E-state index in [9.17, 15) is 18.8 Å². The Kier molecular flexibility index (Phi) is 7.91. The van der Waals surface area contributed by atoms with Gasteiger partial charge in [-0.05, 0) is 36.2 Å². The monoisotopic (exact) mass is 477 g/mol. The summed E-state index contributed by atoms with van der Waals surface area (Å²) in [6.45, 7) is 5.35. The first-order chi connectivity index (χ1) is 15.6. The van der Waals surface area contributed by atoms with Crippen LogP contribution in [0.5, 0.6) is 5.75 Å². The topological polar surface area (TPSA) is 101 Å². The minimum absolute atomic E-state index is 0.254. The maximum Gasteiger partial charge on any atom is 0.303 e. The van der Waals surface area contributed by atoms with Crippen LogP contribution in [0.15, 0.2) is 36.7 Å². The zero-order chi connectivity index (χ0) is 24.1. The molecule has 4 atom stereocenters. The fourth-order valence-corrected chi connectivity index (χ4v) is 4.63. The van der Waals surface area contributed by atoms with E-state index in [0.29, 0.717) is 16.9 Å². The van der Waals surface area contributed by atoms with Gasteiger partial charge in [-0.15, -0.1) is 11.8 Å². The van der Waals surface area contributed by atoms with E-state index in [-0.39, 0.29) is 11.6 Å². The van der Waals surface area contributed by atoms with Gasteiger partial charge in [0.2, 0.25) is 0 Å². The Morgan fingerprint density at radius 2 is 1.61 bits per heavy atom. The van der Waals surface area contributed by atoms with Crippen LogP contribution >= 0.6 is 11.8 Å². The van der Waals surface area contributed by atoms with Crippen molar-refractivity contribution in [1.29, 1.82) is 0 Å². The number of hydrogen-bond acceptors (Lipinski definition) is 9. The molecule has 0 saturated carbocycles. The molecule has 1 fully saturated rings. The Hall–Kier alpha value is -3.14. The first-order valence-electron chi connectivity index (χ1n) is 10.2. The number of esters is 3. The minimum Gasteiger partial charge on any atom is -0.474 e. The van der Waals surface area contributed by atoms with Crippen molar-refractivity contribution in [2.24, 2.45) is 0 Å². The average molecular weight is 478 g/mol. The molecule has 0 amide bonds.